The van der Waals surface area contributed by atoms with Gasteiger partial charge in [-0.3, -0.25) is 9.59 Å². The zero-order chi connectivity index (χ0) is 18.8. The number of rotatable bonds is 10. The summed E-state index contributed by atoms with van der Waals surface area (Å²) in [6.07, 6.45) is 3.26. The summed E-state index contributed by atoms with van der Waals surface area (Å²) in [6, 6.07) is 2.63. The van der Waals surface area contributed by atoms with Gasteiger partial charge in [-0.15, -0.1) is 11.8 Å². The first kappa shape index (κ1) is 21.8. The molecule has 0 spiro atoms. The molecule has 0 saturated heterocycles. The molecule has 1 atom stereocenters. The van der Waals surface area contributed by atoms with Crippen molar-refractivity contribution in [2.24, 2.45) is 0 Å². The molecule has 0 saturated carbocycles. The van der Waals surface area contributed by atoms with Crippen LogP contribution in [0.1, 0.15) is 52.9 Å². The molecule has 1 aromatic carbocycles. The van der Waals surface area contributed by atoms with Gasteiger partial charge in [0, 0.05) is 11.3 Å². The van der Waals surface area contributed by atoms with Gasteiger partial charge in [-0.1, -0.05) is 38.8 Å². The first-order valence-electron chi connectivity index (χ1n) is 8.55. The number of ether oxygens (including phenoxy) is 1. The molecule has 1 N–H and O–H groups in total. The van der Waals surface area contributed by atoms with Crippen molar-refractivity contribution in [2.75, 3.05) is 11.9 Å². The monoisotopic (exact) mass is 389 g/mol. The third-order valence-electron chi connectivity index (χ3n) is 3.40. The maximum Gasteiger partial charge on any atom is 0.319 e. The molecule has 140 valence electrons. The Bertz CT molecular complexity index is 598. The van der Waals surface area contributed by atoms with Crippen molar-refractivity contribution in [3.63, 3.8) is 0 Å². The van der Waals surface area contributed by atoms with Gasteiger partial charge in [-0.25, -0.2) is 4.39 Å². The van der Waals surface area contributed by atoms with E-state index in [2.05, 4.69) is 5.32 Å². The maximum absolute atomic E-state index is 14.1. The van der Waals surface area contributed by atoms with E-state index < -0.39 is 11.1 Å². The molecule has 1 aromatic rings. The van der Waals surface area contributed by atoms with Crippen LogP contribution in [0.3, 0.4) is 0 Å². The highest BCUT2D eigenvalue weighted by atomic mass is 35.5. The van der Waals surface area contributed by atoms with Gasteiger partial charge >= 0.3 is 5.97 Å². The number of unbranched alkanes of at least 4 members (excludes halogenated alkanes) is 1. The molecular weight excluding hydrogens is 365 g/mol. The Kier molecular flexibility index (Phi) is 9.90. The van der Waals surface area contributed by atoms with E-state index in [0.29, 0.717) is 24.3 Å². The Balaban J connectivity index is 2.89. The number of amides is 1. The standard InChI is InChI=1S/C18H25ClFNO3S/c1-4-7-8-17(22)21-14-11-16(12(19)10-13(14)20)25-15(6-3)18(23)24-9-5-2/h10-11,15H,4-9H2,1-3H3,(H,21,22). The molecule has 1 rings (SSSR count). The van der Waals surface area contributed by atoms with Gasteiger partial charge in [0.2, 0.25) is 5.91 Å². The first-order chi connectivity index (χ1) is 11.9. The lowest BCUT2D eigenvalue weighted by atomic mass is 10.2. The number of carbonyl (C=O) groups excluding carboxylic acids is 2. The predicted molar refractivity (Wildman–Crippen MR) is 101 cm³/mol. The van der Waals surface area contributed by atoms with Crippen LogP contribution >= 0.6 is 23.4 Å². The Morgan fingerprint density at radius 3 is 2.60 bits per heavy atom. The van der Waals surface area contributed by atoms with Crippen molar-refractivity contribution >= 4 is 40.9 Å². The minimum absolute atomic E-state index is 0.0739. The fourth-order valence-corrected chi connectivity index (χ4v) is 3.29. The number of hydrogen-bond donors (Lipinski definition) is 1. The lowest BCUT2D eigenvalue weighted by Crippen LogP contribution is -2.20. The number of thioether (sulfide) groups is 1. The Labute approximate surface area is 157 Å². The number of anilines is 1. The van der Waals surface area contributed by atoms with Gasteiger partial charge in [0.05, 0.1) is 17.3 Å². The lowest BCUT2D eigenvalue weighted by molar-refractivity contribution is -0.143. The number of halogens is 2. The third kappa shape index (κ3) is 7.24. The number of hydrogen-bond acceptors (Lipinski definition) is 4. The average molecular weight is 390 g/mol. The van der Waals surface area contributed by atoms with E-state index in [9.17, 15) is 14.0 Å². The van der Waals surface area contributed by atoms with Crippen molar-refractivity contribution < 1.29 is 18.7 Å². The minimum Gasteiger partial charge on any atom is -0.465 e. The summed E-state index contributed by atoms with van der Waals surface area (Å²) in [7, 11) is 0. The van der Waals surface area contributed by atoms with Crippen LogP contribution in [0.5, 0.6) is 0 Å². The van der Waals surface area contributed by atoms with Crippen LogP contribution in [0.25, 0.3) is 0 Å². The Hall–Kier alpha value is -1.27. The average Bonchev–Trinajstić information content (AvgIpc) is 2.59. The predicted octanol–water partition coefficient (Wildman–Crippen LogP) is 5.43. The van der Waals surface area contributed by atoms with Gasteiger partial charge in [0.15, 0.2) is 0 Å². The van der Waals surface area contributed by atoms with E-state index >= 15 is 0 Å². The van der Waals surface area contributed by atoms with E-state index in [1.54, 1.807) is 0 Å². The van der Waals surface area contributed by atoms with Crippen LogP contribution in [-0.4, -0.2) is 23.7 Å². The summed E-state index contributed by atoms with van der Waals surface area (Å²) in [5.74, 6) is -1.16. The minimum atomic E-state index is -0.596. The van der Waals surface area contributed by atoms with Crippen LogP contribution < -0.4 is 5.32 Å². The fourth-order valence-electron chi connectivity index (χ4n) is 2.01. The second-order valence-corrected chi connectivity index (χ2v) is 7.25. The summed E-state index contributed by atoms with van der Waals surface area (Å²) in [6.45, 7) is 6.14. The number of esters is 1. The van der Waals surface area contributed by atoms with Crippen molar-refractivity contribution in [3.05, 3.63) is 23.0 Å². The van der Waals surface area contributed by atoms with Crippen LogP contribution in [0.15, 0.2) is 17.0 Å². The van der Waals surface area contributed by atoms with Crippen LogP contribution in [-0.2, 0) is 14.3 Å². The fraction of sp³-hybridized carbons (Fsp3) is 0.556. The van der Waals surface area contributed by atoms with Gasteiger partial charge in [-0.05, 0) is 31.4 Å². The zero-order valence-corrected chi connectivity index (χ0v) is 16.4. The molecule has 0 bridgehead atoms. The summed E-state index contributed by atoms with van der Waals surface area (Å²) >= 11 is 7.32. The molecule has 0 aliphatic heterocycles. The smallest absolute Gasteiger partial charge is 0.319 e. The molecule has 0 aliphatic rings. The highest BCUT2D eigenvalue weighted by Crippen LogP contribution is 2.35. The SMILES string of the molecule is CCCCC(=O)Nc1cc(SC(CC)C(=O)OCCC)c(Cl)cc1F. The summed E-state index contributed by atoms with van der Waals surface area (Å²) in [5.41, 5.74) is 0.0739. The molecule has 0 aromatic heterocycles. The van der Waals surface area contributed by atoms with E-state index in [-0.39, 0.29) is 22.6 Å². The molecule has 1 unspecified atom stereocenters. The normalized spacial score (nSPS) is 11.9. The van der Waals surface area contributed by atoms with Gasteiger partial charge in [0.25, 0.3) is 0 Å². The molecular formula is C18H25ClFNO3S. The molecule has 0 radical (unpaired) electrons. The quantitative estimate of drug-likeness (QED) is 0.428. The van der Waals surface area contributed by atoms with Gasteiger partial charge < -0.3 is 10.1 Å². The second kappa shape index (κ2) is 11.4. The number of nitrogens with one attached hydrogen (secondary N) is 1. The summed E-state index contributed by atoms with van der Waals surface area (Å²) in [4.78, 5) is 24.4. The molecule has 1 amide bonds. The third-order valence-corrected chi connectivity index (χ3v) is 5.23. The largest absolute Gasteiger partial charge is 0.465 e. The van der Waals surface area contributed by atoms with Crippen LogP contribution in [0, 0.1) is 5.82 Å². The van der Waals surface area contributed by atoms with Crippen molar-refractivity contribution in [1.82, 2.24) is 0 Å². The van der Waals surface area contributed by atoms with E-state index in [1.165, 1.54) is 17.8 Å². The topological polar surface area (TPSA) is 55.4 Å². The van der Waals surface area contributed by atoms with Crippen molar-refractivity contribution in [1.29, 1.82) is 0 Å². The lowest BCUT2D eigenvalue weighted by Gasteiger charge is -2.16. The van der Waals surface area contributed by atoms with Crippen LogP contribution in [0.2, 0.25) is 5.02 Å². The molecule has 4 nitrogen and oxygen atoms in total. The van der Waals surface area contributed by atoms with Crippen molar-refractivity contribution in [3.8, 4) is 0 Å². The second-order valence-electron chi connectivity index (χ2n) is 5.60. The Morgan fingerprint density at radius 2 is 2.00 bits per heavy atom. The maximum atomic E-state index is 14.1. The van der Waals surface area contributed by atoms with Crippen molar-refractivity contribution in [2.45, 2.75) is 63.0 Å². The molecule has 0 aliphatic carbocycles. The van der Waals surface area contributed by atoms with E-state index in [1.807, 2.05) is 20.8 Å². The first-order valence-corrected chi connectivity index (χ1v) is 9.80. The van der Waals surface area contributed by atoms with Crippen LogP contribution in [0.4, 0.5) is 10.1 Å². The highest BCUT2D eigenvalue weighted by molar-refractivity contribution is 8.00. The van der Waals surface area contributed by atoms with E-state index in [4.69, 9.17) is 16.3 Å². The van der Waals surface area contributed by atoms with Gasteiger partial charge in [-0.2, -0.15) is 0 Å². The molecule has 0 fully saturated rings. The Morgan fingerprint density at radius 1 is 1.28 bits per heavy atom. The summed E-state index contributed by atoms with van der Waals surface area (Å²) in [5, 5.41) is 2.34. The van der Waals surface area contributed by atoms with Gasteiger partial charge in [0.1, 0.15) is 11.1 Å². The molecule has 7 heteroatoms. The molecule has 25 heavy (non-hydrogen) atoms. The summed E-state index contributed by atoms with van der Waals surface area (Å²) < 4.78 is 19.2. The number of benzene rings is 1. The highest BCUT2D eigenvalue weighted by Gasteiger charge is 2.22. The number of carbonyl (C=O) groups is 2. The van der Waals surface area contributed by atoms with E-state index in [0.717, 1.165) is 25.3 Å². The molecule has 0 heterocycles. The zero-order valence-electron chi connectivity index (χ0n) is 14.9.